The molecule has 2 aromatic carbocycles. The van der Waals surface area contributed by atoms with Crippen LogP contribution in [0.25, 0.3) is 0 Å². The van der Waals surface area contributed by atoms with E-state index in [4.69, 9.17) is 11.6 Å². The monoisotopic (exact) mass is 342 g/mol. The Morgan fingerprint density at radius 1 is 1.17 bits per heavy atom. The van der Waals surface area contributed by atoms with E-state index in [1.165, 1.54) is 0 Å². The van der Waals surface area contributed by atoms with Crippen LogP contribution in [0.5, 0.6) is 0 Å². The summed E-state index contributed by atoms with van der Waals surface area (Å²) in [6.07, 6.45) is 1.40. The topological polar surface area (TPSA) is 49.4 Å². The van der Waals surface area contributed by atoms with E-state index >= 15 is 0 Å². The number of halogens is 1. The van der Waals surface area contributed by atoms with Crippen LogP contribution in [0.2, 0.25) is 5.02 Å². The maximum atomic E-state index is 12.4. The number of carbonyl (C=O) groups excluding carboxylic acids is 2. The predicted molar refractivity (Wildman–Crippen MR) is 96.9 cm³/mol. The Bertz CT molecular complexity index is 817. The molecule has 124 valence electrons. The number of benzene rings is 2. The number of anilines is 2. The van der Waals surface area contributed by atoms with Crippen LogP contribution in [0, 0.1) is 13.8 Å². The number of amides is 2. The van der Waals surface area contributed by atoms with E-state index in [1.54, 1.807) is 23.1 Å². The molecule has 1 aliphatic heterocycles. The van der Waals surface area contributed by atoms with Crippen molar-refractivity contribution in [2.24, 2.45) is 0 Å². The summed E-state index contributed by atoms with van der Waals surface area (Å²) in [6.45, 7) is 4.59. The van der Waals surface area contributed by atoms with Crippen molar-refractivity contribution in [3.05, 3.63) is 58.1 Å². The molecule has 0 saturated carbocycles. The van der Waals surface area contributed by atoms with Crippen molar-refractivity contribution < 1.29 is 9.59 Å². The Morgan fingerprint density at radius 2 is 1.96 bits per heavy atom. The van der Waals surface area contributed by atoms with Crippen LogP contribution < -0.4 is 10.2 Å². The van der Waals surface area contributed by atoms with Crippen molar-refractivity contribution in [3.8, 4) is 0 Å². The van der Waals surface area contributed by atoms with Crippen LogP contribution in [-0.4, -0.2) is 18.4 Å². The molecule has 1 N–H and O–H groups in total. The average Bonchev–Trinajstić information content (AvgIpc) is 2.93. The summed E-state index contributed by atoms with van der Waals surface area (Å²) >= 11 is 6.31. The van der Waals surface area contributed by atoms with E-state index in [9.17, 15) is 9.59 Å². The molecule has 1 fully saturated rings. The van der Waals surface area contributed by atoms with Gasteiger partial charge in [0.15, 0.2) is 0 Å². The van der Waals surface area contributed by atoms with Gasteiger partial charge in [-0.1, -0.05) is 29.3 Å². The van der Waals surface area contributed by atoms with Crippen molar-refractivity contribution in [3.63, 3.8) is 0 Å². The van der Waals surface area contributed by atoms with Crippen molar-refractivity contribution in [2.45, 2.75) is 26.7 Å². The fourth-order valence-corrected chi connectivity index (χ4v) is 3.26. The van der Waals surface area contributed by atoms with Gasteiger partial charge in [0, 0.05) is 24.2 Å². The first-order valence-corrected chi connectivity index (χ1v) is 8.32. The second-order valence-corrected chi connectivity index (χ2v) is 6.49. The summed E-state index contributed by atoms with van der Waals surface area (Å²) in [5, 5.41) is 3.32. The molecule has 0 atom stereocenters. The van der Waals surface area contributed by atoms with Gasteiger partial charge in [0.05, 0.1) is 10.7 Å². The fraction of sp³-hybridized carbons (Fsp3) is 0.263. The van der Waals surface area contributed by atoms with Crippen LogP contribution in [0.3, 0.4) is 0 Å². The Morgan fingerprint density at radius 3 is 2.58 bits per heavy atom. The molecule has 0 bridgehead atoms. The Balaban J connectivity index is 1.79. The standard InChI is InChI=1S/C19H19ClN2O2/c1-12-5-7-15(13(2)10-12)19(24)21-14-6-8-17(16(20)11-14)22-9-3-4-18(22)23/h5-8,10-11H,3-4,9H2,1-2H3,(H,21,24). The van der Waals surface area contributed by atoms with Crippen LogP contribution in [0.4, 0.5) is 11.4 Å². The number of carbonyl (C=O) groups is 2. The molecule has 0 aromatic heterocycles. The van der Waals surface area contributed by atoms with E-state index in [-0.39, 0.29) is 11.8 Å². The lowest BCUT2D eigenvalue weighted by Gasteiger charge is -2.18. The van der Waals surface area contributed by atoms with Gasteiger partial charge in [-0.25, -0.2) is 0 Å². The zero-order valence-corrected chi connectivity index (χ0v) is 14.5. The first-order chi connectivity index (χ1) is 11.5. The van der Waals surface area contributed by atoms with Gasteiger partial charge in [0.1, 0.15) is 0 Å². The predicted octanol–water partition coefficient (Wildman–Crippen LogP) is 4.34. The lowest BCUT2D eigenvalue weighted by atomic mass is 10.1. The summed E-state index contributed by atoms with van der Waals surface area (Å²) in [4.78, 5) is 26.0. The molecule has 5 heteroatoms. The summed E-state index contributed by atoms with van der Waals surface area (Å²) in [7, 11) is 0. The zero-order chi connectivity index (χ0) is 17.3. The van der Waals surface area contributed by atoms with Gasteiger partial charge in [-0.05, 0) is 50.1 Å². The van der Waals surface area contributed by atoms with Gasteiger partial charge in [-0.3, -0.25) is 9.59 Å². The third-order valence-corrected chi connectivity index (χ3v) is 4.50. The number of nitrogens with one attached hydrogen (secondary N) is 1. The Labute approximate surface area is 146 Å². The second kappa shape index (κ2) is 6.65. The van der Waals surface area contributed by atoms with Gasteiger partial charge < -0.3 is 10.2 Å². The second-order valence-electron chi connectivity index (χ2n) is 6.09. The minimum absolute atomic E-state index is 0.0870. The lowest BCUT2D eigenvalue weighted by molar-refractivity contribution is -0.117. The first-order valence-electron chi connectivity index (χ1n) is 7.94. The summed E-state index contributed by atoms with van der Waals surface area (Å²) < 4.78 is 0. The SMILES string of the molecule is Cc1ccc(C(=O)Nc2ccc(N3CCCC3=O)c(Cl)c2)c(C)c1. The summed E-state index contributed by atoms with van der Waals surface area (Å²) in [5.74, 6) is -0.0856. The van der Waals surface area contributed by atoms with Crippen molar-refractivity contribution >= 4 is 34.8 Å². The first kappa shape index (κ1) is 16.5. The van der Waals surface area contributed by atoms with Crippen LogP contribution in [0.15, 0.2) is 36.4 Å². The number of hydrogen-bond acceptors (Lipinski definition) is 2. The number of nitrogens with zero attached hydrogens (tertiary/aromatic N) is 1. The Kier molecular flexibility index (Phi) is 4.58. The largest absolute Gasteiger partial charge is 0.322 e. The highest BCUT2D eigenvalue weighted by Crippen LogP contribution is 2.31. The van der Waals surface area contributed by atoms with Crippen molar-refractivity contribution in [1.82, 2.24) is 0 Å². The lowest BCUT2D eigenvalue weighted by Crippen LogP contribution is -2.24. The maximum Gasteiger partial charge on any atom is 0.255 e. The molecule has 1 heterocycles. The van der Waals surface area contributed by atoms with E-state index in [1.807, 2.05) is 32.0 Å². The maximum absolute atomic E-state index is 12.4. The normalized spacial score (nSPS) is 14.1. The van der Waals surface area contributed by atoms with Crippen LogP contribution in [0.1, 0.15) is 34.3 Å². The molecule has 3 rings (SSSR count). The molecule has 1 aliphatic rings. The molecule has 0 aliphatic carbocycles. The van der Waals surface area contributed by atoms with Crippen molar-refractivity contribution in [1.29, 1.82) is 0 Å². The molecule has 4 nitrogen and oxygen atoms in total. The minimum atomic E-state index is -0.173. The average molecular weight is 343 g/mol. The van der Waals surface area contributed by atoms with E-state index < -0.39 is 0 Å². The molecule has 2 aromatic rings. The highest BCUT2D eigenvalue weighted by atomic mass is 35.5. The number of aryl methyl sites for hydroxylation is 2. The van der Waals surface area contributed by atoms with Crippen molar-refractivity contribution in [2.75, 3.05) is 16.8 Å². The van der Waals surface area contributed by atoms with Crippen LogP contribution >= 0.6 is 11.6 Å². The third-order valence-electron chi connectivity index (χ3n) is 4.20. The number of rotatable bonds is 3. The van der Waals surface area contributed by atoms with Crippen LogP contribution in [-0.2, 0) is 4.79 Å². The van der Waals surface area contributed by atoms with E-state index in [0.717, 1.165) is 17.5 Å². The highest BCUT2D eigenvalue weighted by Gasteiger charge is 2.23. The number of hydrogen-bond donors (Lipinski definition) is 1. The molecule has 0 unspecified atom stereocenters. The minimum Gasteiger partial charge on any atom is -0.322 e. The molecule has 0 spiro atoms. The molecular formula is C19H19ClN2O2. The zero-order valence-electron chi connectivity index (χ0n) is 13.7. The molecule has 2 amide bonds. The smallest absolute Gasteiger partial charge is 0.255 e. The van der Waals surface area contributed by atoms with E-state index in [2.05, 4.69) is 5.32 Å². The summed E-state index contributed by atoms with van der Waals surface area (Å²) in [5.41, 5.74) is 3.99. The van der Waals surface area contributed by atoms with Gasteiger partial charge in [-0.2, -0.15) is 0 Å². The summed E-state index contributed by atoms with van der Waals surface area (Å²) in [6, 6.07) is 10.9. The molecule has 0 radical (unpaired) electrons. The van der Waals surface area contributed by atoms with E-state index in [0.29, 0.717) is 34.9 Å². The quantitative estimate of drug-likeness (QED) is 0.902. The highest BCUT2D eigenvalue weighted by molar-refractivity contribution is 6.34. The Hall–Kier alpha value is -2.33. The van der Waals surface area contributed by atoms with Gasteiger partial charge in [-0.15, -0.1) is 0 Å². The fourth-order valence-electron chi connectivity index (χ4n) is 2.97. The molecule has 24 heavy (non-hydrogen) atoms. The van der Waals surface area contributed by atoms with Gasteiger partial charge in [0.25, 0.3) is 5.91 Å². The molecular weight excluding hydrogens is 324 g/mol. The van der Waals surface area contributed by atoms with Gasteiger partial charge >= 0.3 is 0 Å². The molecule has 1 saturated heterocycles. The third kappa shape index (κ3) is 3.29. The van der Waals surface area contributed by atoms with Gasteiger partial charge in [0.2, 0.25) is 5.91 Å².